The first-order valence-electron chi connectivity index (χ1n) is 10.6. The summed E-state index contributed by atoms with van der Waals surface area (Å²) >= 11 is 0. The first-order chi connectivity index (χ1) is 14.7. The fourth-order valence-electron chi connectivity index (χ4n) is 3.51. The zero-order valence-corrected chi connectivity index (χ0v) is 19.9. The maximum Gasteiger partial charge on any atom is 0.313 e. The summed E-state index contributed by atoms with van der Waals surface area (Å²) in [5.41, 5.74) is -1.89. The van der Waals surface area contributed by atoms with Gasteiger partial charge in [-0.3, -0.25) is 24.0 Å². The van der Waals surface area contributed by atoms with E-state index in [0.29, 0.717) is 32.4 Å². The third kappa shape index (κ3) is 8.84. The lowest BCUT2D eigenvalue weighted by atomic mass is 9.75. The number of carbonyl (C=O) groups excluding carboxylic acids is 5. The number of hydrogen-bond donors (Lipinski definition) is 2. The molecule has 2 saturated heterocycles. The quantitative estimate of drug-likeness (QED) is 0.466. The predicted octanol–water partition coefficient (Wildman–Crippen LogP) is 1.25. The molecule has 2 amide bonds. The summed E-state index contributed by atoms with van der Waals surface area (Å²) < 4.78 is 14.6. The molecule has 2 unspecified atom stereocenters. The second-order valence-corrected chi connectivity index (χ2v) is 9.65. The van der Waals surface area contributed by atoms with Gasteiger partial charge in [-0.25, -0.2) is 0 Å². The maximum absolute atomic E-state index is 12.3. The van der Waals surface area contributed by atoms with Gasteiger partial charge < -0.3 is 24.8 Å². The molecule has 2 N–H and O–H groups in total. The monoisotopic (exact) mass is 456 g/mol. The molecule has 2 fully saturated rings. The Balaban J connectivity index is 0.000000343. The molecule has 2 heterocycles. The number of hydrogen-bond acceptors (Lipinski definition) is 8. The van der Waals surface area contributed by atoms with Gasteiger partial charge in [0.15, 0.2) is 0 Å². The Morgan fingerprint density at radius 3 is 2.00 bits per heavy atom. The van der Waals surface area contributed by atoms with Crippen LogP contribution in [0.15, 0.2) is 0 Å². The molecular weight excluding hydrogens is 420 g/mol. The number of piperidine rings is 2. The molecule has 182 valence electrons. The first-order valence-corrected chi connectivity index (χ1v) is 10.6. The third-order valence-electron chi connectivity index (χ3n) is 5.43. The number of carbonyl (C=O) groups is 5. The van der Waals surface area contributed by atoms with Gasteiger partial charge in [-0.05, 0) is 39.0 Å². The Bertz CT molecular complexity index is 718. The predicted molar refractivity (Wildman–Crippen MR) is 114 cm³/mol. The van der Waals surface area contributed by atoms with Crippen LogP contribution >= 0.6 is 0 Å². The summed E-state index contributed by atoms with van der Waals surface area (Å²) in [7, 11) is 2.64. The highest BCUT2D eigenvalue weighted by molar-refractivity contribution is 5.90. The lowest BCUT2D eigenvalue weighted by Gasteiger charge is -2.36. The summed E-state index contributed by atoms with van der Waals surface area (Å²) in [5.74, 6) is -1.41. The van der Waals surface area contributed by atoms with Crippen molar-refractivity contribution in [3.05, 3.63) is 0 Å². The average molecular weight is 457 g/mol. The van der Waals surface area contributed by atoms with Gasteiger partial charge in [0.25, 0.3) is 0 Å². The van der Waals surface area contributed by atoms with Crippen LogP contribution in [0.25, 0.3) is 0 Å². The number of amides is 2. The SMILES string of the molecule is COC(=O)CC1(C(=O)OC(C)(C)C)CCNC(=O)C1.COC(=O)CC1(C)CCC(=O)NC1. The highest BCUT2D eigenvalue weighted by atomic mass is 16.6. The fraction of sp³-hybridized carbons (Fsp3) is 0.773. The summed E-state index contributed by atoms with van der Waals surface area (Å²) in [4.78, 5) is 57.3. The van der Waals surface area contributed by atoms with E-state index in [2.05, 4.69) is 20.1 Å². The maximum atomic E-state index is 12.3. The van der Waals surface area contributed by atoms with Gasteiger partial charge in [-0.2, -0.15) is 0 Å². The van der Waals surface area contributed by atoms with Gasteiger partial charge in [0.05, 0.1) is 32.5 Å². The molecule has 0 aromatic rings. The number of esters is 3. The summed E-state index contributed by atoms with van der Waals surface area (Å²) in [5, 5.41) is 5.40. The Morgan fingerprint density at radius 2 is 1.53 bits per heavy atom. The molecule has 2 rings (SSSR count). The van der Waals surface area contributed by atoms with Crippen molar-refractivity contribution in [3.63, 3.8) is 0 Å². The van der Waals surface area contributed by atoms with Crippen molar-refractivity contribution in [3.8, 4) is 0 Å². The molecule has 10 nitrogen and oxygen atoms in total. The van der Waals surface area contributed by atoms with Crippen LogP contribution in [0, 0.1) is 10.8 Å². The summed E-state index contributed by atoms with van der Waals surface area (Å²) in [6, 6.07) is 0. The molecule has 0 spiro atoms. The van der Waals surface area contributed by atoms with Crippen LogP contribution in [0.2, 0.25) is 0 Å². The first kappa shape index (κ1) is 27.4. The Morgan fingerprint density at radius 1 is 0.938 bits per heavy atom. The minimum absolute atomic E-state index is 0.0446. The Hall–Kier alpha value is -2.65. The third-order valence-corrected chi connectivity index (χ3v) is 5.43. The van der Waals surface area contributed by atoms with Gasteiger partial charge in [-0.1, -0.05) is 6.92 Å². The topological polar surface area (TPSA) is 137 Å². The van der Waals surface area contributed by atoms with E-state index in [0.717, 1.165) is 6.42 Å². The van der Waals surface area contributed by atoms with Crippen molar-refractivity contribution in [1.29, 1.82) is 0 Å². The van der Waals surface area contributed by atoms with Gasteiger partial charge in [0.2, 0.25) is 11.8 Å². The van der Waals surface area contributed by atoms with Crippen LogP contribution in [-0.4, -0.2) is 62.6 Å². The van der Waals surface area contributed by atoms with Crippen LogP contribution in [0.3, 0.4) is 0 Å². The molecule has 0 radical (unpaired) electrons. The minimum atomic E-state index is -1.11. The van der Waals surface area contributed by atoms with E-state index in [1.807, 2.05) is 6.92 Å². The van der Waals surface area contributed by atoms with Crippen LogP contribution in [0.4, 0.5) is 0 Å². The molecule has 0 aromatic carbocycles. The van der Waals surface area contributed by atoms with Crippen LogP contribution in [-0.2, 0) is 38.2 Å². The summed E-state index contributed by atoms with van der Waals surface area (Å²) in [6.07, 6.45) is 1.84. The number of methoxy groups -OCH3 is 2. The molecule has 10 heteroatoms. The van der Waals surface area contributed by atoms with E-state index in [9.17, 15) is 24.0 Å². The average Bonchev–Trinajstić information content (AvgIpc) is 2.69. The van der Waals surface area contributed by atoms with E-state index < -0.39 is 23.0 Å². The normalized spacial score (nSPS) is 25.3. The largest absolute Gasteiger partial charge is 0.469 e. The zero-order valence-electron chi connectivity index (χ0n) is 19.9. The van der Waals surface area contributed by atoms with Crippen molar-refractivity contribution >= 4 is 29.7 Å². The van der Waals surface area contributed by atoms with Gasteiger partial charge >= 0.3 is 17.9 Å². The van der Waals surface area contributed by atoms with E-state index in [4.69, 9.17) is 4.74 Å². The van der Waals surface area contributed by atoms with E-state index in [1.165, 1.54) is 14.2 Å². The van der Waals surface area contributed by atoms with Crippen LogP contribution in [0.5, 0.6) is 0 Å². The second-order valence-electron chi connectivity index (χ2n) is 9.65. The van der Waals surface area contributed by atoms with Gasteiger partial charge in [-0.15, -0.1) is 0 Å². The summed E-state index contributed by atoms with van der Waals surface area (Å²) in [6.45, 7) is 8.16. The van der Waals surface area contributed by atoms with Crippen molar-refractivity contribution in [2.75, 3.05) is 27.3 Å². The smallest absolute Gasteiger partial charge is 0.313 e. The Kier molecular flexibility index (Phi) is 9.66. The van der Waals surface area contributed by atoms with Gasteiger partial charge in [0.1, 0.15) is 5.60 Å². The fourth-order valence-corrected chi connectivity index (χ4v) is 3.51. The highest BCUT2D eigenvalue weighted by Gasteiger charge is 2.47. The lowest BCUT2D eigenvalue weighted by Crippen LogP contribution is -2.48. The van der Waals surface area contributed by atoms with E-state index in [1.54, 1.807) is 20.8 Å². The van der Waals surface area contributed by atoms with Crippen LogP contribution in [0.1, 0.15) is 66.2 Å². The Labute approximate surface area is 189 Å². The van der Waals surface area contributed by atoms with E-state index in [-0.39, 0.29) is 36.0 Å². The van der Waals surface area contributed by atoms with Gasteiger partial charge in [0, 0.05) is 25.9 Å². The molecule has 0 saturated carbocycles. The zero-order chi connectivity index (χ0) is 24.6. The molecule has 2 aliphatic heterocycles. The number of ether oxygens (including phenoxy) is 3. The molecule has 2 aliphatic rings. The number of rotatable bonds is 5. The minimum Gasteiger partial charge on any atom is -0.469 e. The standard InChI is InChI=1S/C13H21NO5.C9H15NO3/c1-12(2,3)19-11(17)13(8-10(16)18-4)5-6-14-9(15)7-13;1-9(5-8(12)13-2)4-3-7(11)10-6-9/h5-8H2,1-4H3,(H,14,15);3-6H2,1-2H3,(H,10,11). The van der Waals surface area contributed by atoms with E-state index >= 15 is 0 Å². The van der Waals surface area contributed by atoms with Crippen molar-refractivity contribution in [2.45, 2.75) is 71.8 Å². The molecule has 2 atom stereocenters. The molecular formula is C22H36N2O8. The van der Waals surface area contributed by atoms with Crippen LogP contribution < -0.4 is 10.6 Å². The van der Waals surface area contributed by atoms with Crippen molar-refractivity contribution < 1.29 is 38.2 Å². The van der Waals surface area contributed by atoms with Crippen molar-refractivity contribution in [1.82, 2.24) is 10.6 Å². The highest BCUT2D eigenvalue weighted by Crippen LogP contribution is 2.36. The molecule has 0 aromatic heterocycles. The molecule has 0 bridgehead atoms. The number of nitrogens with one attached hydrogen (secondary N) is 2. The molecule has 0 aliphatic carbocycles. The van der Waals surface area contributed by atoms with Crippen molar-refractivity contribution in [2.24, 2.45) is 10.8 Å². The second kappa shape index (κ2) is 11.3. The lowest BCUT2D eigenvalue weighted by molar-refractivity contribution is -0.175. The molecule has 32 heavy (non-hydrogen) atoms.